The molecule has 0 radical (unpaired) electrons. The molecule has 4 nitrogen and oxygen atoms in total. The lowest BCUT2D eigenvalue weighted by Crippen LogP contribution is -2.35. The molecule has 2 atom stereocenters. The fourth-order valence-electron chi connectivity index (χ4n) is 2.66. The molecule has 1 aromatic carbocycles. The SMILES string of the molecule is CN(CCOc1ccc(Br)cc1)C(=O)C[C@@H]1CCC[C@H]1N. The van der Waals surface area contributed by atoms with Crippen molar-refractivity contribution in [2.45, 2.75) is 31.7 Å². The molecule has 1 aromatic rings. The molecule has 1 amide bonds. The zero-order chi connectivity index (χ0) is 15.2. The first-order valence-corrected chi connectivity index (χ1v) is 8.23. The molecule has 0 unspecified atom stereocenters. The summed E-state index contributed by atoms with van der Waals surface area (Å²) in [5, 5.41) is 0. The molecule has 0 heterocycles. The van der Waals surface area contributed by atoms with Gasteiger partial charge in [0.05, 0.1) is 6.54 Å². The second kappa shape index (κ2) is 7.80. The number of nitrogens with two attached hydrogens (primary N) is 1. The molecule has 0 aliphatic heterocycles. The van der Waals surface area contributed by atoms with Crippen LogP contribution in [0.3, 0.4) is 0 Å². The number of ether oxygens (including phenoxy) is 1. The van der Waals surface area contributed by atoms with E-state index in [-0.39, 0.29) is 11.9 Å². The van der Waals surface area contributed by atoms with Crippen molar-refractivity contribution in [2.24, 2.45) is 11.7 Å². The second-order valence-corrected chi connectivity index (χ2v) is 6.59. The van der Waals surface area contributed by atoms with Crippen LogP contribution in [0.2, 0.25) is 0 Å². The molecule has 1 fully saturated rings. The Bertz CT molecular complexity index is 464. The third kappa shape index (κ3) is 5.00. The smallest absolute Gasteiger partial charge is 0.222 e. The van der Waals surface area contributed by atoms with E-state index in [4.69, 9.17) is 10.5 Å². The van der Waals surface area contributed by atoms with Gasteiger partial charge in [-0.1, -0.05) is 22.4 Å². The number of benzene rings is 1. The molecule has 0 spiro atoms. The quantitative estimate of drug-likeness (QED) is 0.854. The lowest BCUT2D eigenvalue weighted by Gasteiger charge is -2.21. The van der Waals surface area contributed by atoms with Gasteiger partial charge < -0.3 is 15.4 Å². The van der Waals surface area contributed by atoms with Crippen molar-refractivity contribution in [1.29, 1.82) is 0 Å². The van der Waals surface area contributed by atoms with E-state index >= 15 is 0 Å². The number of amides is 1. The topological polar surface area (TPSA) is 55.6 Å². The third-order valence-corrected chi connectivity index (χ3v) is 4.62. The van der Waals surface area contributed by atoms with Crippen molar-refractivity contribution < 1.29 is 9.53 Å². The number of hydrogen-bond acceptors (Lipinski definition) is 3. The Morgan fingerprint density at radius 3 is 2.71 bits per heavy atom. The van der Waals surface area contributed by atoms with Gasteiger partial charge in [-0.15, -0.1) is 0 Å². The Hall–Kier alpha value is -1.07. The van der Waals surface area contributed by atoms with Crippen molar-refractivity contribution in [1.82, 2.24) is 4.90 Å². The van der Waals surface area contributed by atoms with Crippen LogP contribution in [0, 0.1) is 5.92 Å². The van der Waals surface area contributed by atoms with Gasteiger partial charge in [-0.25, -0.2) is 0 Å². The van der Waals surface area contributed by atoms with Crippen LogP contribution in [0.4, 0.5) is 0 Å². The van der Waals surface area contributed by atoms with E-state index < -0.39 is 0 Å². The van der Waals surface area contributed by atoms with E-state index in [1.54, 1.807) is 4.90 Å². The Balaban J connectivity index is 1.69. The van der Waals surface area contributed by atoms with Gasteiger partial charge in [0.25, 0.3) is 0 Å². The van der Waals surface area contributed by atoms with E-state index in [9.17, 15) is 4.79 Å². The van der Waals surface area contributed by atoms with Crippen molar-refractivity contribution in [3.05, 3.63) is 28.7 Å². The maximum Gasteiger partial charge on any atom is 0.222 e. The van der Waals surface area contributed by atoms with E-state index in [1.807, 2.05) is 31.3 Å². The Morgan fingerprint density at radius 2 is 2.10 bits per heavy atom. The third-order valence-electron chi connectivity index (χ3n) is 4.09. The van der Waals surface area contributed by atoms with Crippen LogP contribution in [-0.4, -0.2) is 37.0 Å². The Kier molecular flexibility index (Phi) is 6.06. The number of nitrogens with zero attached hydrogens (tertiary/aromatic N) is 1. The highest BCUT2D eigenvalue weighted by Gasteiger charge is 2.27. The fraction of sp³-hybridized carbons (Fsp3) is 0.562. The highest BCUT2D eigenvalue weighted by Crippen LogP contribution is 2.27. The highest BCUT2D eigenvalue weighted by molar-refractivity contribution is 9.10. The first-order chi connectivity index (χ1) is 10.1. The summed E-state index contributed by atoms with van der Waals surface area (Å²) < 4.78 is 6.66. The average molecular weight is 355 g/mol. The molecule has 2 N–H and O–H groups in total. The summed E-state index contributed by atoms with van der Waals surface area (Å²) in [7, 11) is 1.83. The van der Waals surface area contributed by atoms with E-state index in [0.29, 0.717) is 25.5 Å². The highest BCUT2D eigenvalue weighted by atomic mass is 79.9. The maximum atomic E-state index is 12.1. The molecule has 1 aliphatic rings. The van der Waals surface area contributed by atoms with Crippen LogP contribution in [0.1, 0.15) is 25.7 Å². The van der Waals surface area contributed by atoms with Crippen LogP contribution in [0.5, 0.6) is 5.75 Å². The van der Waals surface area contributed by atoms with E-state index in [2.05, 4.69) is 15.9 Å². The second-order valence-electron chi connectivity index (χ2n) is 5.68. The normalized spacial score (nSPS) is 21.3. The molecule has 1 saturated carbocycles. The van der Waals surface area contributed by atoms with Crippen LogP contribution in [0.15, 0.2) is 28.7 Å². The maximum absolute atomic E-state index is 12.1. The standard InChI is InChI=1S/C16H23BrN2O2/c1-19(16(20)11-12-3-2-4-15(12)18)9-10-21-14-7-5-13(17)6-8-14/h5-8,12,15H,2-4,9-11,18H2,1H3/t12-,15+/m0/s1. The fourth-order valence-corrected chi connectivity index (χ4v) is 2.92. The first kappa shape index (κ1) is 16.3. The zero-order valence-corrected chi connectivity index (χ0v) is 14.0. The molecule has 21 heavy (non-hydrogen) atoms. The molecule has 5 heteroatoms. The lowest BCUT2D eigenvalue weighted by atomic mass is 9.99. The van der Waals surface area contributed by atoms with Crippen LogP contribution in [0.25, 0.3) is 0 Å². The van der Waals surface area contributed by atoms with Crippen molar-refractivity contribution in [3.8, 4) is 5.75 Å². The van der Waals surface area contributed by atoms with E-state index in [1.165, 1.54) is 0 Å². The molecular weight excluding hydrogens is 332 g/mol. The largest absolute Gasteiger partial charge is 0.492 e. The number of hydrogen-bond donors (Lipinski definition) is 1. The van der Waals surface area contributed by atoms with Gasteiger partial charge in [-0.05, 0) is 43.0 Å². The van der Waals surface area contributed by atoms with Gasteiger partial charge >= 0.3 is 0 Å². The zero-order valence-electron chi connectivity index (χ0n) is 12.4. The summed E-state index contributed by atoms with van der Waals surface area (Å²) in [5.41, 5.74) is 6.02. The molecule has 1 aliphatic carbocycles. The minimum Gasteiger partial charge on any atom is -0.492 e. The Labute approximate surface area is 134 Å². The number of rotatable bonds is 6. The summed E-state index contributed by atoms with van der Waals surface area (Å²) >= 11 is 3.38. The molecule has 0 aromatic heterocycles. The molecule has 2 rings (SSSR count). The van der Waals surface area contributed by atoms with Crippen molar-refractivity contribution in [2.75, 3.05) is 20.2 Å². The summed E-state index contributed by atoms with van der Waals surface area (Å²) in [6.07, 6.45) is 3.84. The van der Waals surface area contributed by atoms with Gasteiger partial charge in [-0.3, -0.25) is 4.79 Å². The van der Waals surface area contributed by atoms with Crippen LogP contribution >= 0.6 is 15.9 Å². The predicted octanol–water partition coefficient (Wildman–Crippen LogP) is 2.80. The van der Waals surface area contributed by atoms with Crippen molar-refractivity contribution >= 4 is 21.8 Å². The summed E-state index contributed by atoms with van der Waals surface area (Å²) in [5.74, 6) is 1.33. The summed E-state index contributed by atoms with van der Waals surface area (Å²) in [6, 6.07) is 7.88. The van der Waals surface area contributed by atoms with E-state index in [0.717, 1.165) is 29.5 Å². The number of carbonyl (C=O) groups excluding carboxylic acids is 1. The molecule has 0 saturated heterocycles. The van der Waals surface area contributed by atoms with Gasteiger partial charge in [-0.2, -0.15) is 0 Å². The molecule has 116 valence electrons. The average Bonchev–Trinajstić information content (AvgIpc) is 2.86. The van der Waals surface area contributed by atoms with Gasteiger partial charge in [0.15, 0.2) is 0 Å². The molecular formula is C16H23BrN2O2. The minimum absolute atomic E-state index is 0.164. The molecule has 0 bridgehead atoms. The number of halogens is 1. The lowest BCUT2D eigenvalue weighted by molar-refractivity contribution is -0.131. The summed E-state index contributed by atoms with van der Waals surface area (Å²) in [4.78, 5) is 13.9. The predicted molar refractivity (Wildman–Crippen MR) is 87.2 cm³/mol. The minimum atomic E-state index is 0.164. The monoisotopic (exact) mass is 354 g/mol. The van der Waals surface area contributed by atoms with Gasteiger partial charge in [0.1, 0.15) is 12.4 Å². The van der Waals surface area contributed by atoms with Gasteiger partial charge in [0, 0.05) is 24.0 Å². The Morgan fingerprint density at radius 1 is 1.38 bits per heavy atom. The van der Waals surface area contributed by atoms with Crippen molar-refractivity contribution in [3.63, 3.8) is 0 Å². The summed E-state index contributed by atoms with van der Waals surface area (Å²) in [6.45, 7) is 1.09. The number of carbonyl (C=O) groups is 1. The van der Waals surface area contributed by atoms with Gasteiger partial charge in [0.2, 0.25) is 5.91 Å². The number of likely N-dealkylation sites (N-methyl/N-ethyl adjacent to an activating group) is 1. The van der Waals surface area contributed by atoms with Crippen LogP contribution < -0.4 is 10.5 Å². The van der Waals surface area contributed by atoms with Crippen LogP contribution in [-0.2, 0) is 4.79 Å². The first-order valence-electron chi connectivity index (χ1n) is 7.44.